The molecule has 1 aliphatic rings. The van der Waals surface area contributed by atoms with Crippen molar-refractivity contribution in [3.8, 4) is 11.5 Å². The number of nitrogens with zero attached hydrogens (tertiary/aromatic N) is 1. The van der Waals surface area contributed by atoms with E-state index in [0.717, 1.165) is 6.26 Å². The smallest absolute Gasteiger partial charge is 0.258 e. The van der Waals surface area contributed by atoms with Crippen LogP contribution in [0.3, 0.4) is 0 Å². The third-order valence-corrected chi connectivity index (χ3v) is 5.92. The van der Waals surface area contributed by atoms with Crippen LogP contribution in [-0.2, 0) is 9.84 Å². The fourth-order valence-electron chi connectivity index (χ4n) is 2.14. The largest absolute Gasteiger partial charge is 0.507 e. The minimum atomic E-state index is -3.38. The van der Waals surface area contributed by atoms with Crippen molar-refractivity contribution in [3.05, 3.63) is 23.8 Å². The fraction of sp³-hybridized carbons (Fsp3) is 0.462. The molecule has 0 bridgehead atoms. The van der Waals surface area contributed by atoms with Crippen molar-refractivity contribution in [2.24, 2.45) is 0 Å². The lowest BCUT2D eigenvalue weighted by Gasteiger charge is -2.34. The maximum atomic E-state index is 12.5. The zero-order valence-electron chi connectivity index (χ0n) is 11.8. The Bertz CT molecular complexity index is 644. The molecule has 1 N–H and O–H groups in total. The molecule has 0 spiro atoms. The Hall–Kier alpha value is -1.41. The van der Waals surface area contributed by atoms with E-state index in [0.29, 0.717) is 23.8 Å². The highest BCUT2D eigenvalue weighted by Crippen LogP contribution is 2.28. The molecule has 0 saturated carbocycles. The van der Waals surface area contributed by atoms with Gasteiger partial charge in [0, 0.05) is 30.4 Å². The van der Waals surface area contributed by atoms with Crippen molar-refractivity contribution in [3.63, 3.8) is 0 Å². The summed E-state index contributed by atoms with van der Waals surface area (Å²) in [6, 6.07) is 4.33. The molecule has 116 valence electrons. The highest BCUT2D eigenvalue weighted by molar-refractivity contribution is 8.00. The van der Waals surface area contributed by atoms with Gasteiger partial charge in [0.25, 0.3) is 5.91 Å². The van der Waals surface area contributed by atoms with E-state index in [-0.39, 0.29) is 11.3 Å². The third-order valence-electron chi connectivity index (χ3n) is 3.27. The normalized spacial score (nSPS) is 19.3. The van der Waals surface area contributed by atoms with Gasteiger partial charge in [0.1, 0.15) is 16.9 Å². The average molecular weight is 331 g/mol. The van der Waals surface area contributed by atoms with Crippen LogP contribution in [0.2, 0.25) is 0 Å². The van der Waals surface area contributed by atoms with Crippen molar-refractivity contribution in [2.45, 2.75) is 5.37 Å². The summed E-state index contributed by atoms with van der Waals surface area (Å²) >= 11 is 1.50. The van der Waals surface area contributed by atoms with Crippen LogP contribution >= 0.6 is 11.8 Å². The van der Waals surface area contributed by atoms with E-state index in [9.17, 15) is 18.3 Å². The summed E-state index contributed by atoms with van der Waals surface area (Å²) in [6.07, 6.45) is 1.12. The van der Waals surface area contributed by atoms with Crippen molar-refractivity contribution in [1.29, 1.82) is 0 Å². The maximum absolute atomic E-state index is 12.5. The van der Waals surface area contributed by atoms with Crippen molar-refractivity contribution in [2.75, 3.05) is 31.4 Å². The number of sulfone groups is 1. The summed E-state index contributed by atoms with van der Waals surface area (Å²) in [6.45, 7) is 0.340. The number of carbonyl (C=O) groups is 1. The van der Waals surface area contributed by atoms with Crippen LogP contribution in [0.4, 0.5) is 0 Å². The molecule has 1 aromatic carbocycles. The minimum absolute atomic E-state index is 0.0800. The molecule has 1 aromatic rings. The van der Waals surface area contributed by atoms with Crippen molar-refractivity contribution in [1.82, 2.24) is 4.90 Å². The molecule has 1 atom stereocenters. The lowest BCUT2D eigenvalue weighted by Crippen LogP contribution is -2.49. The Balaban J connectivity index is 2.33. The number of amides is 1. The van der Waals surface area contributed by atoms with Gasteiger partial charge < -0.3 is 14.7 Å². The molecule has 1 fully saturated rings. The van der Waals surface area contributed by atoms with E-state index in [1.54, 1.807) is 6.07 Å². The molecule has 0 aromatic heterocycles. The number of phenols is 1. The summed E-state index contributed by atoms with van der Waals surface area (Å²) in [5.74, 6) is 0.754. The second-order valence-corrected chi connectivity index (χ2v) is 8.09. The van der Waals surface area contributed by atoms with Crippen LogP contribution < -0.4 is 4.74 Å². The Kier molecular flexibility index (Phi) is 4.67. The predicted molar refractivity (Wildman–Crippen MR) is 81.7 cm³/mol. The average Bonchev–Trinajstić information content (AvgIpc) is 2.45. The lowest BCUT2D eigenvalue weighted by molar-refractivity contribution is 0.0746. The number of methoxy groups -OCH3 is 1. The van der Waals surface area contributed by atoms with Crippen LogP contribution in [0.25, 0.3) is 0 Å². The Morgan fingerprint density at radius 2 is 2.19 bits per heavy atom. The number of hydrogen-bond donors (Lipinski definition) is 1. The summed E-state index contributed by atoms with van der Waals surface area (Å²) in [5.41, 5.74) is 0.0800. The number of rotatable bonds is 3. The monoisotopic (exact) mass is 331 g/mol. The Labute approximate surface area is 128 Å². The van der Waals surface area contributed by atoms with Crippen molar-refractivity contribution < 1.29 is 23.1 Å². The van der Waals surface area contributed by atoms with Crippen LogP contribution in [0.1, 0.15) is 10.4 Å². The predicted octanol–water partition coefficient (Wildman–Crippen LogP) is 0.960. The molecule has 2 rings (SSSR count). The molecule has 1 amide bonds. The van der Waals surface area contributed by atoms with Crippen LogP contribution in [0.5, 0.6) is 11.5 Å². The molecule has 8 heteroatoms. The molecule has 6 nitrogen and oxygen atoms in total. The zero-order valence-corrected chi connectivity index (χ0v) is 13.4. The standard InChI is InChI=1S/C13H17NO5S2/c1-19-9-3-4-10(11(15)7-9)13(16)14-5-6-20-8-12(14)21(2,17)18/h3-4,7,12,15H,5-6,8H2,1-2H3. The first-order valence-electron chi connectivity index (χ1n) is 6.29. The quantitative estimate of drug-likeness (QED) is 0.888. The first-order chi connectivity index (χ1) is 9.84. The summed E-state index contributed by atoms with van der Waals surface area (Å²) in [7, 11) is -1.92. The second-order valence-electron chi connectivity index (χ2n) is 4.74. The topological polar surface area (TPSA) is 83.9 Å². The molecule has 1 unspecified atom stereocenters. The van der Waals surface area contributed by atoms with Crippen LogP contribution in [0, 0.1) is 0 Å². The Morgan fingerprint density at radius 3 is 2.76 bits per heavy atom. The van der Waals surface area contributed by atoms with Crippen LogP contribution in [-0.4, -0.2) is 61.1 Å². The minimum Gasteiger partial charge on any atom is -0.507 e. The molecule has 0 aliphatic carbocycles. The molecule has 0 radical (unpaired) electrons. The molecular formula is C13H17NO5S2. The van der Waals surface area contributed by atoms with Gasteiger partial charge in [-0.05, 0) is 12.1 Å². The number of carbonyl (C=O) groups excluding carboxylic acids is 1. The number of hydrogen-bond acceptors (Lipinski definition) is 6. The van der Waals surface area contributed by atoms with E-state index in [2.05, 4.69) is 0 Å². The molecular weight excluding hydrogens is 314 g/mol. The van der Waals surface area contributed by atoms with Gasteiger partial charge in [0.05, 0.1) is 12.7 Å². The van der Waals surface area contributed by atoms with Crippen molar-refractivity contribution >= 4 is 27.5 Å². The number of thioether (sulfide) groups is 1. The number of phenolic OH excluding ortho intramolecular Hbond substituents is 1. The van der Waals surface area contributed by atoms with E-state index in [4.69, 9.17) is 4.74 Å². The number of ether oxygens (including phenoxy) is 1. The Morgan fingerprint density at radius 1 is 1.48 bits per heavy atom. The van der Waals surface area contributed by atoms with Gasteiger partial charge in [-0.3, -0.25) is 4.79 Å². The van der Waals surface area contributed by atoms with Crippen LogP contribution in [0.15, 0.2) is 18.2 Å². The zero-order chi connectivity index (χ0) is 15.6. The van der Waals surface area contributed by atoms with Gasteiger partial charge >= 0.3 is 0 Å². The van der Waals surface area contributed by atoms with E-state index < -0.39 is 21.1 Å². The summed E-state index contributed by atoms with van der Waals surface area (Å²) < 4.78 is 28.6. The first-order valence-corrected chi connectivity index (χ1v) is 9.40. The van der Waals surface area contributed by atoms with Gasteiger partial charge in [0.2, 0.25) is 0 Å². The summed E-state index contributed by atoms with van der Waals surface area (Å²) in [5, 5.41) is 9.07. The second kappa shape index (κ2) is 6.15. The number of aromatic hydroxyl groups is 1. The molecule has 21 heavy (non-hydrogen) atoms. The van der Waals surface area contributed by atoms with Gasteiger partial charge in [-0.15, -0.1) is 0 Å². The van der Waals surface area contributed by atoms with Gasteiger partial charge in [0.15, 0.2) is 9.84 Å². The molecule has 1 saturated heterocycles. The fourth-order valence-corrected chi connectivity index (χ4v) is 4.96. The highest BCUT2D eigenvalue weighted by atomic mass is 32.2. The van der Waals surface area contributed by atoms with E-state index >= 15 is 0 Å². The first kappa shape index (κ1) is 16.0. The molecule has 1 aliphatic heterocycles. The summed E-state index contributed by atoms with van der Waals surface area (Å²) in [4.78, 5) is 13.8. The number of benzene rings is 1. The van der Waals surface area contributed by atoms with E-state index in [1.165, 1.54) is 35.9 Å². The third kappa shape index (κ3) is 3.44. The van der Waals surface area contributed by atoms with Gasteiger partial charge in [-0.25, -0.2) is 8.42 Å². The molecule has 1 heterocycles. The van der Waals surface area contributed by atoms with Gasteiger partial charge in [-0.2, -0.15) is 11.8 Å². The van der Waals surface area contributed by atoms with E-state index in [1.807, 2.05) is 0 Å². The highest BCUT2D eigenvalue weighted by Gasteiger charge is 2.35. The lowest BCUT2D eigenvalue weighted by atomic mass is 10.1. The van der Waals surface area contributed by atoms with Gasteiger partial charge in [-0.1, -0.05) is 0 Å². The maximum Gasteiger partial charge on any atom is 0.258 e. The SMILES string of the molecule is COc1ccc(C(=O)N2CCSCC2S(C)(=O)=O)c(O)c1.